The van der Waals surface area contributed by atoms with Gasteiger partial charge >= 0.3 is 0 Å². The van der Waals surface area contributed by atoms with E-state index in [2.05, 4.69) is 0 Å². The van der Waals surface area contributed by atoms with Crippen LogP contribution < -0.4 is 0 Å². The molecule has 0 spiro atoms. The molecule has 0 heterocycles. The molecule has 0 saturated heterocycles. The molecule has 1 aromatic rings. The normalized spacial score (nSPS) is 13.0. The van der Waals surface area contributed by atoms with Crippen molar-refractivity contribution in [2.45, 2.75) is 44.3 Å². The topological polar surface area (TPSA) is 93.1 Å². The van der Waals surface area contributed by atoms with Gasteiger partial charge in [0.1, 0.15) is 0 Å². The molecule has 0 fully saturated rings. The number of aliphatic hydroxyl groups excluding tert-OH is 1. The van der Waals surface area contributed by atoms with Crippen LogP contribution in [-0.2, 0) is 24.1 Å². The Morgan fingerprint density at radius 2 is 1.81 bits per heavy atom. The van der Waals surface area contributed by atoms with Crippen molar-refractivity contribution in [3.63, 3.8) is 0 Å². The molecule has 1 rings (SSSR count). The fraction of sp³-hybridized carbons (Fsp3) is 0.632. The standard InChI is InChI=1S/C19H31NO6S/c1-15(2)26-11-10-25-14-17(21)13-20(4)19(22)9-12-27(23,24)18-7-5-16(3)6-8-18/h5-8,15,17,21H,9-14H2,1-4H3. The second-order valence-corrected chi connectivity index (χ2v) is 8.91. The van der Waals surface area contributed by atoms with Crippen LogP contribution in [0.15, 0.2) is 29.2 Å². The summed E-state index contributed by atoms with van der Waals surface area (Å²) in [6.07, 6.45) is -0.854. The molecule has 1 N–H and O–H groups in total. The highest BCUT2D eigenvalue weighted by Crippen LogP contribution is 2.13. The summed E-state index contributed by atoms with van der Waals surface area (Å²) in [6, 6.07) is 6.54. The van der Waals surface area contributed by atoms with E-state index in [1.54, 1.807) is 24.3 Å². The highest BCUT2D eigenvalue weighted by atomic mass is 32.2. The zero-order valence-electron chi connectivity index (χ0n) is 16.6. The first-order chi connectivity index (χ1) is 12.6. The number of nitrogens with zero attached hydrogens (tertiary/aromatic N) is 1. The van der Waals surface area contributed by atoms with E-state index in [0.717, 1.165) is 5.56 Å². The number of aliphatic hydroxyl groups is 1. The summed E-state index contributed by atoms with van der Waals surface area (Å²) < 4.78 is 35.2. The quantitative estimate of drug-likeness (QED) is 0.533. The van der Waals surface area contributed by atoms with Crippen LogP contribution >= 0.6 is 0 Å². The maximum absolute atomic E-state index is 12.3. The fourth-order valence-electron chi connectivity index (χ4n) is 2.31. The average Bonchev–Trinajstić information content (AvgIpc) is 2.59. The molecule has 0 radical (unpaired) electrons. The van der Waals surface area contributed by atoms with Gasteiger partial charge in [0.25, 0.3) is 0 Å². The van der Waals surface area contributed by atoms with Crippen LogP contribution in [0, 0.1) is 6.92 Å². The van der Waals surface area contributed by atoms with Crippen molar-refractivity contribution in [3.05, 3.63) is 29.8 Å². The molecule has 1 amide bonds. The molecule has 1 aromatic carbocycles. The Hall–Kier alpha value is -1.48. The summed E-state index contributed by atoms with van der Waals surface area (Å²) in [7, 11) is -1.98. The number of aryl methyl sites for hydroxylation is 1. The van der Waals surface area contributed by atoms with E-state index in [4.69, 9.17) is 9.47 Å². The van der Waals surface area contributed by atoms with Crippen LogP contribution in [0.1, 0.15) is 25.8 Å². The molecule has 0 aliphatic rings. The molecule has 0 aromatic heterocycles. The average molecular weight is 402 g/mol. The van der Waals surface area contributed by atoms with E-state index < -0.39 is 15.9 Å². The van der Waals surface area contributed by atoms with Crippen molar-refractivity contribution in [2.24, 2.45) is 0 Å². The number of rotatable bonds is 12. The maximum Gasteiger partial charge on any atom is 0.223 e. The minimum absolute atomic E-state index is 0.0778. The van der Waals surface area contributed by atoms with Crippen LogP contribution in [0.2, 0.25) is 0 Å². The number of likely N-dealkylation sites (N-methyl/N-ethyl adjacent to an activating group) is 1. The summed E-state index contributed by atoms with van der Waals surface area (Å²) >= 11 is 0. The van der Waals surface area contributed by atoms with E-state index in [1.807, 2.05) is 20.8 Å². The SMILES string of the molecule is Cc1ccc(S(=O)(=O)CCC(=O)N(C)CC(O)COCCOC(C)C)cc1. The van der Waals surface area contributed by atoms with Crippen LogP contribution in [-0.4, -0.2) is 75.7 Å². The fourth-order valence-corrected chi connectivity index (χ4v) is 3.54. The molecule has 154 valence electrons. The summed E-state index contributed by atoms with van der Waals surface area (Å²) in [6.45, 7) is 6.69. The molecule has 0 saturated carbocycles. The van der Waals surface area contributed by atoms with Gasteiger partial charge in [-0.25, -0.2) is 8.42 Å². The number of amides is 1. The van der Waals surface area contributed by atoms with E-state index in [1.165, 1.54) is 11.9 Å². The van der Waals surface area contributed by atoms with Crippen molar-refractivity contribution in [1.82, 2.24) is 4.90 Å². The Morgan fingerprint density at radius 3 is 2.41 bits per heavy atom. The van der Waals surface area contributed by atoms with E-state index in [0.29, 0.717) is 13.2 Å². The molecule has 0 aliphatic carbocycles. The predicted octanol–water partition coefficient (Wildman–Crippen LogP) is 1.42. The molecular formula is C19H31NO6S. The third kappa shape index (κ3) is 9.32. The van der Waals surface area contributed by atoms with Crippen molar-refractivity contribution in [1.29, 1.82) is 0 Å². The lowest BCUT2D eigenvalue weighted by Gasteiger charge is -2.21. The number of benzene rings is 1. The Morgan fingerprint density at radius 1 is 1.19 bits per heavy atom. The number of sulfone groups is 1. The lowest BCUT2D eigenvalue weighted by molar-refractivity contribution is -0.131. The minimum atomic E-state index is -3.51. The van der Waals surface area contributed by atoms with Crippen molar-refractivity contribution >= 4 is 15.7 Å². The van der Waals surface area contributed by atoms with Crippen molar-refractivity contribution in [3.8, 4) is 0 Å². The summed E-state index contributed by atoms with van der Waals surface area (Å²) in [5, 5.41) is 9.93. The molecular weight excluding hydrogens is 370 g/mol. The van der Waals surface area contributed by atoms with Crippen LogP contribution in [0.3, 0.4) is 0 Å². The first-order valence-electron chi connectivity index (χ1n) is 9.02. The summed E-state index contributed by atoms with van der Waals surface area (Å²) in [5.41, 5.74) is 0.969. The Balaban J connectivity index is 2.35. The number of hydrogen-bond donors (Lipinski definition) is 1. The van der Waals surface area contributed by atoms with Gasteiger partial charge in [-0.15, -0.1) is 0 Å². The monoisotopic (exact) mass is 401 g/mol. The minimum Gasteiger partial charge on any atom is -0.389 e. The van der Waals surface area contributed by atoms with Gasteiger partial charge in [0.05, 0.1) is 42.7 Å². The van der Waals surface area contributed by atoms with Gasteiger partial charge in [-0.1, -0.05) is 17.7 Å². The van der Waals surface area contributed by atoms with Crippen molar-refractivity contribution < 1.29 is 27.8 Å². The summed E-state index contributed by atoms with van der Waals surface area (Å²) in [5.74, 6) is -0.605. The number of hydrogen-bond acceptors (Lipinski definition) is 6. The lowest BCUT2D eigenvalue weighted by Crippen LogP contribution is -2.37. The number of carbonyl (C=O) groups is 1. The number of ether oxygens (including phenoxy) is 2. The van der Waals surface area contributed by atoms with Crippen LogP contribution in [0.4, 0.5) is 0 Å². The molecule has 0 aliphatic heterocycles. The molecule has 27 heavy (non-hydrogen) atoms. The smallest absolute Gasteiger partial charge is 0.223 e. The third-order valence-electron chi connectivity index (χ3n) is 3.86. The van der Waals surface area contributed by atoms with E-state index in [-0.39, 0.29) is 42.2 Å². The van der Waals surface area contributed by atoms with Gasteiger partial charge in [-0.2, -0.15) is 0 Å². The molecule has 1 unspecified atom stereocenters. The second kappa shape index (κ2) is 11.4. The largest absolute Gasteiger partial charge is 0.389 e. The van der Waals surface area contributed by atoms with Gasteiger partial charge < -0.3 is 19.5 Å². The first kappa shape index (κ1) is 23.6. The lowest BCUT2D eigenvalue weighted by atomic mass is 10.2. The van der Waals surface area contributed by atoms with E-state index in [9.17, 15) is 18.3 Å². The molecule has 0 bridgehead atoms. The highest BCUT2D eigenvalue weighted by Gasteiger charge is 2.19. The summed E-state index contributed by atoms with van der Waals surface area (Å²) in [4.78, 5) is 13.7. The Labute approximate surface area is 162 Å². The molecule has 1 atom stereocenters. The zero-order chi connectivity index (χ0) is 20.4. The highest BCUT2D eigenvalue weighted by molar-refractivity contribution is 7.91. The van der Waals surface area contributed by atoms with Gasteiger partial charge in [0.15, 0.2) is 9.84 Å². The van der Waals surface area contributed by atoms with Gasteiger partial charge in [0.2, 0.25) is 5.91 Å². The molecule has 7 nitrogen and oxygen atoms in total. The predicted molar refractivity (Wildman–Crippen MR) is 103 cm³/mol. The molecule has 8 heteroatoms. The Bertz CT molecular complexity index is 672. The second-order valence-electron chi connectivity index (χ2n) is 6.80. The third-order valence-corrected chi connectivity index (χ3v) is 5.60. The van der Waals surface area contributed by atoms with Gasteiger partial charge in [-0.3, -0.25) is 4.79 Å². The van der Waals surface area contributed by atoms with Crippen LogP contribution in [0.25, 0.3) is 0 Å². The number of carbonyl (C=O) groups excluding carboxylic acids is 1. The first-order valence-corrected chi connectivity index (χ1v) is 10.7. The Kier molecular flexibility index (Phi) is 9.93. The zero-order valence-corrected chi connectivity index (χ0v) is 17.4. The van der Waals surface area contributed by atoms with E-state index >= 15 is 0 Å². The van der Waals surface area contributed by atoms with Crippen molar-refractivity contribution in [2.75, 3.05) is 39.2 Å². The van der Waals surface area contributed by atoms with Gasteiger partial charge in [0, 0.05) is 20.0 Å². The maximum atomic E-state index is 12.3. The van der Waals surface area contributed by atoms with Crippen LogP contribution in [0.5, 0.6) is 0 Å². The van der Waals surface area contributed by atoms with Gasteiger partial charge in [-0.05, 0) is 32.9 Å².